The van der Waals surface area contributed by atoms with Crippen LogP contribution in [0.5, 0.6) is 0 Å². The summed E-state index contributed by atoms with van der Waals surface area (Å²) in [4.78, 5) is 22.0. The molecule has 0 saturated carbocycles. The molecule has 6 nitrogen and oxygen atoms in total. The maximum atomic E-state index is 12.9. The fourth-order valence-corrected chi connectivity index (χ4v) is 4.58. The molecule has 0 unspecified atom stereocenters. The summed E-state index contributed by atoms with van der Waals surface area (Å²) in [6, 6.07) is 24.8. The minimum atomic E-state index is -0.0440. The van der Waals surface area contributed by atoms with Gasteiger partial charge in [-0.1, -0.05) is 48.5 Å². The van der Waals surface area contributed by atoms with Gasteiger partial charge in [0.2, 0.25) is 5.95 Å². The van der Waals surface area contributed by atoms with Gasteiger partial charge in [0, 0.05) is 31.9 Å². The van der Waals surface area contributed by atoms with Crippen molar-refractivity contribution < 1.29 is 4.79 Å². The molecule has 4 aromatic rings. The first kappa shape index (κ1) is 21.1. The zero-order valence-corrected chi connectivity index (χ0v) is 19.2. The molecule has 0 spiro atoms. The largest absolute Gasteiger partial charge is 0.339 e. The number of carbonyl (C=O) groups excluding carboxylic acids is 1. The van der Waals surface area contributed by atoms with E-state index in [2.05, 4.69) is 63.3 Å². The van der Waals surface area contributed by atoms with E-state index in [1.165, 1.54) is 5.56 Å². The summed E-state index contributed by atoms with van der Waals surface area (Å²) in [5.74, 6) is 0.967. The van der Waals surface area contributed by atoms with E-state index < -0.39 is 0 Å². The molecule has 5 rings (SSSR count). The van der Waals surface area contributed by atoms with E-state index in [0.29, 0.717) is 13.1 Å². The minimum absolute atomic E-state index is 0.0440. The van der Waals surface area contributed by atoms with Crippen LogP contribution in [0.1, 0.15) is 16.7 Å². The van der Waals surface area contributed by atoms with Gasteiger partial charge < -0.3 is 19.7 Å². The van der Waals surface area contributed by atoms with Gasteiger partial charge in [0.1, 0.15) is 0 Å². The van der Waals surface area contributed by atoms with Crippen molar-refractivity contribution in [2.75, 3.05) is 36.4 Å². The molecule has 3 aromatic carbocycles. The lowest BCUT2D eigenvalue weighted by Crippen LogP contribution is -2.50. The highest BCUT2D eigenvalue weighted by Crippen LogP contribution is 2.25. The average molecular weight is 440 g/mol. The molecule has 1 fully saturated rings. The maximum absolute atomic E-state index is 12.9. The lowest BCUT2D eigenvalue weighted by atomic mass is 10.1. The highest BCUT2D eigenvalue weighted by molar-refractivity contribution is 5.89. The summed E-state index contributed by atoms with van der Waals surface area (Å²) < 4.78 is 2.29. The van der Waals surface area contributed by atoms with Crippen LogP contribution in [0.2, 0.25) is 0 Å². The third-order valence-electron chi connectivity index (χ3n) is 6.14. The molecule has 1 aliphatic rings. The number of aromatic nitrogens is 2. The molecule has 0 atom stereocenters. The topological polar surface area (TPSA) is 53.4 Å². The highest BCUT2D eigenvalue weighted by Gasteiger charge is 2.25. The monoisotopic (exact) mass is 439 g/mol. The van der Waals surface area contributed by atoms with Crippen molar-refractivity contribution in [2.24, 2.45) is 0 Å². The Hall–Kier alpha value is -3.80. The second-order valence-electron chi connectivity index (χ2n) is 8.75. The van der Waals surface area contributed by atoms with Crippen molar-refractivity contribution in [1.82, 2.24) is 14.5 Å². The Kier molecular flexibility index (Phi) is 5.73. The second-order valence-corrected chi connectivity index (χ2v) is 8.75. The van der Waals surface area contributed by atoms with Crippen LogP contribution in [0.15, 0.2) is 72.8 Å². The van der Waals surface area contributed by atoms with Gasteiger partial charge in [0.25, 0.3) is 0 Å². The first-order valence-electron chi connectivity index (χ1n) is 11.5. The lowest BCUT2D eigenvalue weighted by Gasteiger charge is -2.35. The number of amides is 2. The molecule has 1 saturated heterocycles. The van der Waals surface area contributed by atoms with E-state index in [1.54, 1.807) is 0 Å². The molecular weight excluding hydrogens is 410 g/mol. The van der Waals surface area contributed by atoms with Gasteiger partial charge in [-0.3, -0.25) is 0 Å². The van der Waals surface area contributed by atoms with Gasteiger partial charge >= 0.3 is 6.03 Å². The first-order valence-corrected chi connectivity index (χ1v) is 11.5. The first-order chi connectivity index (χ1) is 16.1. The number of piperazine rings is 1. The van der Waals surface area contributed by atoms with E-state index in [4.69, 9.17) is 4.98 Å². The van der Waals surface area contributed by atoms with Crippen molar-refractivity contribution in [3.8, 4) is 0 Å². The predicted octanol–water partition coefficient (Wildman–Crippen LogP) is 5.06. The van der Waals surface area contributed by atoms with Crippen molar-refractivity contribution in [3.63, 3.8) is 0 Å². The Morgan fingerprint density at radius 3 is 2.27 bits per heavy atom. The molecule has 168 valence electrons. The maximum Gasteiger partial charge on any atom is 0.321 e. The van der Waals surface area contributed by atoms with Crippen LogP contribution in [-0.2, 0) is 6.54 Å². The standard InChI is InChI=1S/C27H29N5O/c1-20-16-21(2)18-23(17-20)28-27(33)31-14-12-30(13-15-31)26-29-24-10-6-7-11-25(24)32(26)19-22-8-4-3-5-9-22/h3-11,16-18H,12-15,19H2,1-2H3,(H,28,33). The molecule has 1 aromatic heterocycles. The molecule has 0 bridgehead atoms. The van der Waals surface area contributed by atoms with Crippen LogP contribution in [0.25, 0.3) is 11.0 Å². The van der Waals surface area contributed by atoms with Gasteiger partial charge in [-0.25, -0.2) is 9.78 Å². The summed E-state index contributed by atoms with van der Waals surface area (Å²) >= 11 is 0. The van der Waals surface area contributed by atoms with Gasteiger partial charge in [-0.15, -0.1) is 0 Å². The van der Waals surface area contributed by atoms with E-state index in [-0.39, 0.29) is 6.03 Å². The zero-order chi connectivity index (χ0) is 22.8. The van der Waals surface area contributed by atoms with Crippen molar-refractivity contribution >= 4 is 28.7 Å². The molecule has 33 heavy (non-hydrogen) atoms. The highest BCUT2D eigenvalue weighted by atomic mass is 16.2. The van der Waals surface area contributed by atoms with E-state index >= 15 is 0 Å². The predicted molar refractivity (Wildman–Crippen MR) is 134 cm³/mol. The third-order valence-corrected chi connectivity index (χ3v) is 6.14. The number of para-hydroxylation sites is 2. The number of anilines is 2. The van der Waals surface area contributed by atoms with Crippen LogP contribution in [0, 0.1) is 13.8 Å². The van der Waals surface area contributed by atoms with Crippen molar-refractivity contribution in [3.05, 3.63) is 89.5 Å². The van der Waals surface area contributed by atoms with E-state index in [9.17, 15) is 4.79 Å². The van der Waals surface area contributed by atoms with Crippen LogP contribution < -0.4 is 10.2 Å². The normalized spacial score (nSPS) is 14.0. The third kappa shape index (κ3) is 4.55. The number of nitrogens with one attached hydrogen (secondary N) is 1. The molecule has 1 aliphatic heterocycles. The van der Waals surface area contributed by atoms with Gasteiger partial charge in [-0.05, 0) is 54.8 Å². The molecule has 2 amide bonds. The molecule has 1 N–H and O–H groups in total. The summed E-state index contributed by atoms with van der Waals surface area (Å²) in [5.41, 5.74) is 6.52. The number of aryl methyl sites for hydroxylation is 2. The number of benzene rings is 3. The van der Waals surface area contributed by atoms with Gasteiger partial charge in [0.05, 0.1) is 17.6 Å². The molecular formula is C27H29N5O. The SMILES string of the molecule is Cc1cc(C)cc(NC(=O)N2CCN(c3nc4ccccc4n3Cc3ccccc3)CC2)c1. The van der Waals surface area contributed by atoms with Crippen molar-refractivity contribution in [2.45, 2.75) is 20.4 Å². The lowest BCUT2D eigenvalue weighted by molar-refractivity contribution is 0.208. The number of fused-ring (bicyclic) bond motifs is 1. The Morgan fingerprint density at radius 1 is 0.879 bits per heavy atom. The average Bonchev–Trinajstić information content (AvgIpc) is 3.17. The van der Waals surface area contributed by atoms with Crippen molar-refractivity contribution in [1.29, 1.82) is 0 Å². The summed E-state index contributed by atoms with van der Waals surface area (Å²) in [5, 5.41) is 3.06. The summed E-state index contributed by atoms with van der Waals surface area (Å²) in [6.45, 7) is 7.67. The Labute approximate surface area is 194 Å². The summed E-state index contributed by atoms with van der Waals surface area (Å²) in [7, 11) is 0. The fraction of sp³-hybridized carbons (Fsp3) is 0.259. The van der Waals surface area contributed by atoms with Crippen LogP contribution in [0.3, 0.4) is 0 Å². The van der Waals surface area contributed by atoms with E-state index in [1.807, 2.05) is 43.0 Å². The second kappa shape index (κ2) is 8.98. The number of rotatable bonds is 4. The molecule has 0 aliphatic carbocycles. The Morgan fingerprint density at radius 2 is 1.55 bits per heavy atom. The summed E-state index contributed by atoms with van der Waals surface area (Å²) in [6.07, 6.45) is 0. The number of carbonyl (C=O) groups is 1. The molecule has 6 heteroatoms. The molecule has 0 radical (unpaired) electrons. The number of hydrogen-bond acceptors (Lipinski definition) is 3. The Bertz CT molecular complexity index is 1250. The Balaban J connectivity index is 1.32. The quantitative estimate of drug-likeness (QED) is 0.484. The van der Waals surface area contributed by atoms with Crippen LogP contribution >= 0.6 is 0 Å². The van der Waals surface area contributed by atoms with Crippen LogP contribution in [-0.4, -0.2) is 46.7 Å². The van der Waals surface area contributed by atoms with Crippen LogP contribution in [0.4, 0.5) is 16.4 Å². The number of hydrogen-bond donors (Lipinski definition) is 1. The fourth-order valence-electron chi connectivity index (χ4n) is 4.58. The van der Waals surface area contributed by atoms with Gasteiger partial charge in [-0.2, -0.15) is 0 Å². The zero-order valence-electron chi connectivity index (χ0n) is 19.2. The molecule has 2 heterocycles. The van der Waals surface area contributed by atoms with E-state index in [0.717, 1.165) is 53.4 Å². The number of urea groups is 1. The smallest absolute Gasteiger partial charge is 0.321 e. The minimum Gasteiger partial charge on any atom is -0.339 e. The number of imidazole rings is 1. The van der Waals surface area contributed by atoms with Gasteiger partial charge in [0.15, 0.2) is 0 Å². The number of nitrogens with zero attached hydrogens (tertiary/aromatic N) is 4.